The molecule has 1 fully saturated rings. The van der Waals surface area contributed by atoms with Crippen LogP contribution in [-0.4, -0.2) is 29.3 Å². The van der Waals surface area contributed by atoms with E-state index in [1.807, 2.05) is 30.3 Å². The number of nitrogens with zero attached hydrogens (tertiary/aromatic N) is 1. The predicted molar refractivity (Wildman–Crippen MR) is 103 cm³/mol. The fourth-order valence-corrected chi connectivity index (χ4v) is 3.30. The first-order valence-corrected chi connectivity index (χ1v) is 9.11. The molecule has 1 heterocycles. The number of rotatable bonds is 5. The molecule has 0 spiro atoms. The first-order valence-electron chi connectivity index (χ1n) is 9.11. The number of nitrogens with one attached hydrogen (secondary N) is 1. The minimum Gasteiger partial charge on any atom is -0.350 e. The lowest BCUT2D eigenvalue weighted by Crippen LogP contribution is -2.46. The molecule has 0 radical (unpaired) electrons. The molecule has 140 valence electrons. The molecule has 4 nitrogen and oxygen atoms in total. The van der Waals surface area contributed by atoms with Crippen molar-refractivity contribution in [2.75, 3.05) is 6.54 Å². The third-order valence-electron chi connectivity index (χ3n) is 4.74. The monoisotopic (exact) mass is 366 g/mol. The summed E-state index contributed by atoms with van der Waals surface area (Å²) in [4.78, 5) is 27.0. The van der Waals surface area contributed by atoms with Crippen LogP contribution < -0.4 is 5.32 Å². The SMILES string of the molecule is C/C(=C\c1ccccc1F)C(=O)N1CCC[C@H]1C(=O)NCc1ccccc1. The highest BCUT2D eigenvalue weighted by molar-refractivity contribution is 6.00. The Bertz CT molecular complexity index is 848. The zero-order valence-corrected chi connectivity index (χ0v) is 15.3. The van der Waals surface area contributed by atoms with Crippen molar-refractivity contribution in [3.63, 3.8) is 0 Å². The van der Waals surface area contributed by atoms with Crippen molar-refractivity contribution in [2.24, 2.45) is 0 Å². The van der Waals surface area contributed by atoms with Gasteiger partial charge < -0.3 is 10.2 Å². The zero-order valence-electron chi connectivity index (χ0n) is 15.3. The van der Waals surface area contributed by atoms with Gasteiger partial charge in [-0.1, -0.05) is 48.5 Å². The Morgan fingerprint density at radius 1 is 1.15 bits per heavy atom. The molecule has 2 amide bonds. The van der Waals surface area contributed by atoms with Crippen molar-refractivity contribution < 1.29 is 14.0 Å². The van der Waals surface area contributed by atoms with Crippen LogP contribution in [0.15, 0.2) is 60.2 Å². The van der Waals surface area contributed by atoms with Gasteiger partial charge in [-0.25, -0.2) is 4.39 Å². The number of hydrogen-bond donors (Lipinski definition) is 1. The molecule has 0 aromatic heterocycles. The average molecular weight is 366 g/mol. The number of carbonyl (C=O) groups excluding carboxylic acids is 2. The summed E-state index contributed by atoms with van der Waals surface area (Å²) >= 11 is 0. The molecule has 2 aromatic rings. The van der Waals surface area contributed by atoms with Gasteiger partial charge in [0.25, 0.3) is 0 Å². The Labute approximate surface area is 158 Å². The smallest absolute Gasteiger partial charge is 0.250 e. The van der Waals surface area contributed by atoms with Gasteiger partial charge in [-0.2, -0.15) is 0 Å². The van der Waals surface area contributed by atoms with E-state index < -0.39 is 6.04 Å². The largest absolute Gasteiger partial charge is 0.350 e. The third kappa shape index (κ3) is 4.61. The molecule has 1 atom stereocenters. The summed E-state index contributed by atoms with van der Waals surface area (Å²) in [5, 5.41) is 2.91. The molecule has 0 unspecified atom stereocenters. The van der Waals surface area contributed by atoms with Crippen LogP contribution in [0.2, 0.25) is 0 Å². The van der Waals surface area contributed by atoms with Crippen LogP contribution in [0.4, 0.5) is 4.39 Å². The minimum absolute atomic E-state index is 0.150. The Balaban J connectivity index is 1.67. The molecular formula is C22H23FN2O2. The maximum Gasteiger partial charge on any atom is 0.250 e. The molecule has 1 N–H and O–H groups in total. The molecule has 1 aliphatic heterocycles. The van der Waals surface area contributed by atoms with Crippen LogP contribution in [-0.2, 0) is 16.1 Å². The van der Waals surface area contributed by atoms with Crippen LogP contribution in [0.3, 0.4) is 0 Å². The fourth-order valence-electron chi connectivity index (χ4n) is 3.30. The van der Waals surface area contributed by atoms with Crippen molar-refractivity contribution in [2.45, 2.75) is 32.4 Å². The van der Waals surface area contributed by atoms with E-state index in [4.69, 9.17) is 0 Å². The van der Waals surface area contributed by atoms with Gasteiger partial charge in [-0.05, 0) is 37.5 Å². The maximum absolute atomic E-state index is 13.8. The van der Waals surface area contributed by atoms with E-state index in [9.17, 15) is 14.0 Å². The number of benzene rings is 2. The summed E-state index contributed by atoms with van der Waals surface area (Å²) in [6.45, 7) is 2.62. The van der Waals surface area contributed by atoms with Crippen LogP contribution in [0.25, 0.3) is 6.08 Å². The van der Waals surface area contributed by atoms with E-state index in [2.05, 4.69) is 5.32 Å². The second-order valence-electron chi connectivity index (χ2n) is 6.71. The van der Waals surface area contributed by atoms with Crippen LogP contribution in [0.5, 0.6) is 0 Å². The first kappa shape index (κ1) is 18.8. The van der Waals surface area contributed by atoms with Crippen LogP contribution >= 0.6 is 0 Å². The number of halogens is 1. The standard InChI is InChI=1S/C22H23FN2O2/c1-16(14-18-10-5-6-11-19(18)23)22(27)25-13-7-12-20(25)21(26)24-15-17-8-3-2-4-9-17/h2-6,8-11,14,20H,7,12-13,15H2,1H3,(H,24,26)/b16-14+/t20-/m0/s1. The molecule has 3 rings (SSSR count). The molecule has 0 bridgehead atoms. The van der Waals surface area contributed by atoms with E-state index >= 15 is 0 Å². The summed E-state index contributed by atoms with van der Waals surface area (Å²) in [6.07, 6.45) is 2.95. The molecular weight excluding hydrogens is 343 g/mol. The Kier molecular flexibility index (Phi) is 6.01. The summed E-state index contributed by atoms with van der Waals surface area (Å²) in [5.41, 5.74) is 1.80. The topological polar surface area (TPSA) is 49.4 Å². The second kappa shape index (κ2) is 8.62. The molecule has 1 saturated heterocycles. The van der Waals surface area contributed by atoms with Gasteiger partial charge in [0.15, 0.2) is 0 Å². The predicted octanol–water partition coefficient (Wildman–Crippen LogP) is 3.54. The van der Waals surface area contributed by atoms with E-state index in [-0.39, 0.29) is 17.6 Å². The van der Waals surface area contributed by atoms with Crippen molar-refractivity contribution in [3.05, 3.63) is 77.1 Å². The van der Waals surface area contributed by atoms with Gasteiger partial charge in [0, 0.05) is 24.2 Å². The second-order valence-corrected chi connectivity index (χ2v) is 6.71. The Morgan fingerprint density at radius 3 is 2.59 bits per heavy atom. The highest BCUT2D eigenvalue weighted by Gasteiger charge is 2.34. The summed E-state index contributed by atoms with van der Waals surface area (Å²) < 4.78 is 13.8. The number of carbonyl (C=O) groups is 2. The lowest BCUT2D eigenvalue weighted by molar-refractivity contribution is -0.135. The van der Waals surface area contributed by atoms with Gasteiger partial charge in [-0.15, -0.1) is 0 Å². The van der Waals surface area contributed by atoms with Gasteiger partial charge in [-0.3, -0.25) is 9.59 Å². The summed E-state index contributed by atoms with van der Waals surface area (Å²) in [5.74, 6) is -0.748. The van der Waals surface area contributed by atoms with Crippen molar-refractivity contribution in [1.29, 1.82) is 0 Å². The van der Waals surface area contributed by atoms with E-state index in [0.717, 1.165) is 12.0 Å². The van der Waals surface area contributed by atoms with Crippen molar-refractivity contribution >= 4 is 17.9 Å². The quantitative estimate of drug-likeness (QED) is 0.823. The molecule has 2 aromatic carbocycles. The maximum atomic E-state index is 13.8. The van der Waals surface area contributed by atoms with Crippen LogP contribution in [0.1, 0.15) is 30.9 Å². The van der Waals surface area contributed by atoms with Crippen LogP contribution in [0, 0.1) is 5.82 Å². The molecule has 1 aliphatic rings. The molecule has 5 heteroatoms. The number of hydrogen-bond acceptors (Lipinski definition) is 2. The van der Waals surface area contributed by atoms with Gasteiger partial charge in [0.05, 0.1) is 0 Å². The fraction of sp³-hybridized carbons (Fsp3) is 0.273. The number of amides is 2. The molecule has 27 heavy (non-hydrogen) atoms. The average Bonchev–Trinajstić information content (AvgIpc) is 3.18. The van der Waals surface area contributed by atoms with Crippen molar-refractivity contribution in [3.8, 4) is 0 Å². The molecule has 0 saturated carbocycles. The lowest BCUT2D eigenvalue weighted by atomic mass is 10.1. The van der Waals surface area contributed by atoms with Gasteiger partial charge in [0.2, 0.25) is 11.8 Å². The zero-order chi connectivity index (χ0) is 19.2. The summed E-state index contributed by atoms with van der Waals surface area (Å²) in [7, 11) is 0. The normalized spacial score (nSPS) is 17.0. The van der Waals surface area contributed by atoms with Gasteiger partial charge >= 0.3 is 0 Å². The third-order valence-corrected chi connectivity index (χ3v) is 4.74. The number of likely N-dealkylation sites (tertiary alicyclic amines) is 1. The minimum atomic E-state index is -0.481. The van der Waals surface area contributed by atoms with E-state index in [1.165, 1.54) is 12.1 Å². The highest BCUT2D eigenvalue weighted by atomic mass is 19.1. The lowest BCUT2D eigenvalue weighted by Gasteiger charge is -2.24. The van der Waals surface area contributed by atoms with E-state index in [1.54, 1.807) is 30.0 Å². The molecule has 0 aliphatic carbocycles. The highest BCUT2D eigenvalue weighted by Crippen LogP contribution is 2.21. The Hall–Kier alpha value is -2.95. The van der Waals surface area contributed by atoms with Gasteiger partial charge in [0.1, 0.15) is 11.9 Å². The Morgan fingerprint density at radius 2 is 1.85 bits per heavy atom. The van der Waals surface area contributed by atoms with Crippen molar-refractivity contribution in [1.82, 2.24) is 10.2 Å². The first-order chi connectivity index (χ1) is 13.1. The summed E-state index contributed by atoms with van der Waals surface area (Å²) in [6, 6.07) is 15.5. The van der Waals surface area contributed by atoms with E-state index in [0.29, 0.717) is 30.6 Å².